The van der Waals surface area contributed by atoms with Gasteiger partial charge in [-0.2, -0.15) is 0 Å². The van der Waals surface area contributed by atoms with E-state index >= 15 is 0 Å². The Hall–Kier alpha value is -1.60. The Balaban J connectivity index is 2.52. The van der Waals surface area contributed by atoms with Crippen LogP contribution in [-0.4, -0.2) is 41.6 Å². The van der Waals surface area contributed by atoms with Crippen molar-refractivity contribution < 1.29 is 23.9 Å². The number of methoxy groups -OCH3 is 1. The largest absolute Gasteiger partial charge is 0.469 e. The third kappa shape index (κ3) is 5.18. The maximum Gasteiger partial charge on any atom is 0.313 e. The lowest BCUT2D eigenvalue weighted by atomic mass is 10.1. The number of ketones is 2. The van der Waals surface area contributed by atoms with Crippen LogP contribution in [0.5, 0.6) is 0 Å². The average Bonchev–Trinajstić information content (AvgIpc) is 2.46. The molecule has 0 atom stereocenters. The number of halogens is 1. The summed E-state index contributed by atoms with van der Waals surface area (Å²) in [6.07, 6.45) is 2.71. The number of pyridine rings is 1. The lowest BCUT2D eigenvalue weighted by Gasteiger charge is -2.07. The number of carbonyl (C=O) groups is 3. The van der Waals surface area contributed by atoms with E-state index < -0.39 is 5.97 Å². The van der Waals surface area contributed by atoms with E-state index in [1.807, 2.05) is 0 Å². The van der Waals surface area contributed by atoms with E-state index in [4.69, 9.17) is 4.74 Å². The molecule has 0 bridgehead atoms. The summed E-state index contributed by atoms with van der Waals surface area (Å²) in [7, 11) is 1.21. The van der Waals surface area contributed by atoms with Crippen LogP contribution in [0.2, 0.25) is 0 Å². The van der Waals surface area contributed by atoms with Crippen molar-refractivity contribution in [2.24, 2.45) is 0 Å². The van der Waals surface area contributed by atoms with Gasteiger partial charge in [0.15, 0.2) is 11.6 Å². The van der Waals surface area contributed by atoms with Crippen LogP contribution in [0.4, 0.5) is 0 Å². The number of Topliss-reactive ketones (excluding diaryl/α,β-unsaturated/α-hetero) is 2. The van der Waals surface area contributed by atoms with Crippen LogP contribution in [-0.2, 0) is 25.7 Å². The predicted octanol–water partition coefficient (Wildman–Crippen LogP) is 1.31. The monoisotopic (exact) mass is 343 g/mol. The molecule has 0 aliphatic carbocycles. The minimum Gasteiger partial charge on any atom is -0.469 e. The van der Waals surface area contributed by atoms with Crippen molar-refractivity contribution >= 4 is 33.5 Å². The molecular formula is C13H14BrNO5. The first kappa shape index (κ1) is 16.5. The van der Waals surface area contributed by atoms with Crippen molar-refractivity contribution in [3.63, 3.8) is 0 Å². The Morgan fingerprint density at radius 1 is 1.35 bits per heavy atom. The molecule has 0 aromatic carbocycles. The van der Waals surface area contributed by atoms with Crippen molar-refractivity contribution in [2.75, 3.05) is 19.0 Å². The summed E-state index contributed by atoms with van der Waals surface area (Å²) in [6.45, 7) is -0.138. The van der Waals surface area contributed by atoms with E-state index in [2.05, 4.69) is 25.7 Å². The van der Waals surface area contributed by atoms with Crippen molar-refractivity contribution in [3.05, 3.63) is 29.6 Å². The van der Waals surface area contributed by atoms with Crippen LogP contribution in [0, 0.1) is 0 Å². The van der Waals surface area contributed by atoms with Gasteiger partial charge in [-0.15, -0.1) is 0 Å². The fourth-order valence-electron chi connectivity index (χ4n) is 1.45. The van der Waals surface area contributed by atoms with Gasteiger partial charge in [0.25, 0.3) is 0 Å². The van der Waals surface area contributed by atoms with Gasteiger partial charge < -0.3 is 9.47 Å². The Bertz CT molecular complexity index is 503. The Labute approximate surface area is 124 Å². The third-order valence-corrected chi connectivity index (χ3v) is 2.92. The zero-order valence-corrected chi connectivity index (χ0v) is 12.5. The fraction of sp³-hybridized carbons (Fsp3) is 0.385. The van der Waals surface area contributed by atoms with Gasteiger partial charge in [0.05, 0.1) is 19.0 Å². The van der Waals surface area contributed by atoms with Crippen LogP contribution in [0.25, 0.3) is 0 Å². The Kier molecular flexibility index (Phi) is 7.03. The smallest absolute Gasteiger partial charge is 0.313 e. The fourth-order valence-corrected chi connectivity index (χ4v) is 1.75. The van der Waals surface area contributed by atoms with Crippen molar-refractivity contribution in [2.45, 2.75) is 13.0 Å². The first-order chi connectivity index (χ1) is 9.58. The molecule has 6 nitrogen and oxygen atoms in total. The number of alkyl halides is 1. The van der Waals surface area contributed by atoms with Crippen LogP contribution in [0.15, 0.2) is 18.5 Å². The van der Waals surface area contributed by atoms with E-state index in [1.54, 1.807) is 6.07 Å². The molecule has 0 unspecified atom stereocenters. The predicted molar refractivity (Wildman–Crippen MR) is 73.7 cm³/mol. The summed E-state index contributed by atoms with van der Waals surface area (Å²) in [5, 5.41) is 0.200. The molecule has 20 heavy (non-hydrogen) atoms. The van der Waals surface area contributed by atoms with E-state index in [1.165, 1.54) is 19.5 Å². The number of hydrogen-bond donors (Lipinski definition) is 0. The number of rotatable bonds is 8. The molecule has 108 valence electrons. The van der Waals surface area contributed by atoms with Gasteiger partial charge in [0, 0.05) is 23.5 Å². The summed E-state index contributed by atoms with van der Waals surface area (Å²) in [6, 6.07) is 1.60. The molecule has 0 radical (unpaired) electrons. The highest BCUT2D eigenvalue weighted by atomic mass is 79.9. The zero-order valence-electron chi connectivity index (χ0n) is 10.9. The number of esters is 1. The molecular weight excluding hydrogens is 330 g/mol. The highest BCUT2D eigenvalue weighted by Crippen LogP contribution is 2.10. The first-order valence-corrected chi connectivity index (χ1v) is 6.89. The highest BCUT2D eigenvalue weighted by Gasteiger charge is 2.12. The molecule has 0 aliphatic heterocycles. The molecule has 1 rings (SSSR count). The van der Waals surface area contributed by atoms with E-state index in [-0.39, 0.29) is 36.5 Å². The van der Waals surface area contributed by atoms with Crippen molar-refractivity contribution in [3.8, 4) is 0 Å². The normalized spacial score (nSPS) is 10.1. The topological polar surface area (TPSA) is 82.6 Å². The van der Waals surface area contributed by atoms with E-state index in [0.29, 0.717) is 11.1 Å². The van der Waals surface area contributed by atoms with Crippen LogP contribution in [0.1, 0.15) is 22.3 Å². The molecule has 0 fully saturated rings. The van der Waals surface area contributed by atoms with Crippen LogP contribution in [0.3, 0.4) is 0 Å². The molecule has 7 heteroatoms. The number of hydrogen-bond acceptors (Lipinski definition) is 6. The molecule has 1 aromatic heterocycles. The molecule has 0 saturated heterocycles. The minimum atomic E-state index is -0.602. The number of ether oxygens (including phenoxy) is 2. The quantitative estimate of drug-likeness (QED) is 0.306. The summed E-state index contributed by atoms with van der Waals surface area (Å²) < 4.78 is 9.57. The molecule has 0 N–H and O–H groups in total. The molecule has 1 heterocycles. The first-order valence-electron chi connectivity index (χ1n) is 5.76. The number of aromatic nitrogens is 1. The number of carbonyl (C=O) groups excluding carboxylic acids is 3. The van der Waals surface area contributed by atoms with E-state index in [9.17, 15) is 14.4 Å². The van der Waals surface area contributed by atoms with Gasteiger partial charge >= 0.3 is 5.97 Å². The lowest BCUT2D eigenvalue weighted by molar-refractivity contribution is -0.144. The van der Waals surface area contributed by atoms with Gasteiger partial charge in [-0.3, -0.25) is 19.4 Å². The van der Waals surface area contributed by atoms with Gasteiger partial charge in [-0.1, -0.05) is 15.9 Å². The number of nitrogens with zero attached hydrogens (tertiary/aromatic N) is 1. The average molecular weight is 344 g/mol. The minimum absolute atomic E-state index is 0.0782. The molecule has 0 aliphatic rings. The second kappa shape index (κ2) is 8.55. The molecule has 0 saturated carbocycles. The van der Waals surface area contributed by atoms with Crippen LogP contribution >= 0.6 is 15.9 Å². The second-order valence-corrected chi connectivity index (χ2v) is 4.43. The lowest BCUT2D eigenvalue weighted by Crippen LogP contribution is -2.15. The van der Waals surface area contributed by atoms with Crippen LogP contribution < -0.4 is 0 Å². The zero-order chi connectivity index (χ0) is 15.0. The Morgan fingerprint density at radius 3 is 2.75 bits per heavy atom. The highest BCUT2D eigenvalue weighted by molar-refractivity contribution is 9.09. The summed E-state index contributed by atoms with van der Waals surface area (Å²) in [5.74, 6) is -1.07. The van der Waals surface area contributed by atoms with Crippen molar-refractivity contribution in [1.82, 2.24) is 4.98 Å². The summed E-state index contributed by atoms with van der Waals surface area (Å²) in [5.41, 5.74) is 1.10. The summed E-state index contributed by atoms with van der Waals surface area (Å²) in [4.78, 5) is 37.8. The standard InChI is InChI=1S/C13H14BrNO5/c1-19-13(18)4-10(16)8-20-7-9-6-15-3-2-11(9)12(17)5-14/h2-3,6H,4-5,7-8H2,1H3. The molecule has 0 spiro atoms. The molecule has 0 amide bonds. The Morgan fingerprint density at radius 2 is 2.10 bits per heavy atom. The van der Waals surface area contributed by atoms with E-state index in [0.717, 1.165) is 0 Å². The SMILES string of the molecule is COC(=O)CC(=O)COCc1cnccc1C(=O)CBr. The van der Waals surface area contributed by atoms with Gasteiger partial charge in [-0.25, -0.2) is 0 Å². The third-order valence-electron chi connectivity index (χ3n) is 2.42. The maximum absolute atomic E-state index is 11.7. The van der Waals surface area contributed by atoms with Gasteiger partial charge in [0.2, 0.25) is 0 Å². The second-order valence-electron chi connectivity index (χ2n) is 3.87. The summed E-state index contributed by atoms with van der Waals surface area (Å²) >= 11 is 3.10. The van der Waals surface area contributed by atoms with Gasteiger partial charge in [0.1, 0.15) is 13.0 Å². The maximum atomic E-state index is 11.7. The van der Waals surface area contributed by atoms with Gasteiger partial charge in [-0.05, 0) is 6.07 Å². The van der Waals surface area contributed by atoms with Crippen molar-refractivity contribution in [1.29, 1.82) is 0 Å². The molecule has 1 aromatic rings.